The van der Waals surface area contributed by atoms with Crippen LogP contribution in [0.1, 0.15) is 18.4 Å². The molecule has 16 heavy (non-hydrogen) atoms. The first-order valence-corrected chi connectivity index (χ1v) is 5.47. The van der Waals surface area contributed by atoms with Crippen molar-refractivity contribution in [1.29, 1.82) is 0 Å². The number of nitrogens with zero attached hydrogens (tertiary/aromatic N) is 1. The molecule has 0 atom stereocenters. The number of nitrogens with two attached hydrogens (primary N) is 1. The van der Waals surface area contributed by atoms with Gasteiger partial charge < -0.3 is 5.73 Å². The fourth-order valence-corrected chi connectivity index (χ4v) is 1.98. The van der Waals surface area contributed by atoms with E-state index in [-0.39, 0.29) is 18.2 Å². The molecular weight excluding hydrogens is 227 g/mol. The summed E-state index contributed by atoms with van der Waals surface area (Å²) in [5, 5.41) is 0. The number of benzene rings is 1. The lowest BCUT2D eigenvalue weighted by Crippen LogP contribution is -2.39. The van der Waals surface area contributed by atoms with E-state index in [2.05, 4.69) is 4.90 Å². The van der Waals surface area contributed by atoms with Gasteiger partial charge in [0, 0.05) is 18.2 Å². The Morgan fingerprint density at radius 2 is 1.88 bits per heavy atom. The lowest BCUT2D eigenvalue weighted by molar-refractivity contribution is 0.203. The Morgan fingerprint density at radius 3 is 2.50 bits per heavy atom. The zero-order chi connectivity index (χ0) is 10.7. The van der Waals surface area contributed by atoms with Crippen molar-refractivity contribution in [2.75, 3.05) is 13.1 Å². The largest absolute Gasteiger partial charge is 0.328 e. The van der Waals surface area contributed by atoms with Crippen LogP contribution in [0.2, 0.25) is 0 Å². The van der Waals surface area contributed by atoms with E-state index in [1.165, 1.54) is 6.07 Å². The molecule has 1 aromatic carbocycles. The third-order valence-electron chi connectivity index (χ3n) is 2.98. The van der Waals surface area contributed by atoms with Crippen LogP contribution in [0.3, 0.4) is 0 Å². The Kier molecular flexibility index (Phi) is 5.19. The second-order valence-corrected chi connectivity index (χ2v) is 4.20. The number of hydrogen-bond acceptors (Lipinski definition) is 2. The van der Waals surface area contributed by atoms with E-state index in [1.807, 2.05) is 12.1 Å². The third-order valence-corrected chi connectivity index (χ3v) is 2.98. The van der Waals surface area contributed by atoms with Crippen molar-refractivity contribution >= 4 is 12.4 Å². The van der Waals surface area contributed by atoms with Gasteiger partial charge in [-0.3, -0.25) is 4.90 Å². The molecule has 0 unspecified atom stereocenters. The summed E-state index contributed by atoms with van der Waals surface area (Å²) in [6.45, 7) is 2.67. The van der Waals surface area contributed by atoms with E-state index in [0.717, 1.165) is 31.5 Å². The summed E-state index contributed by atoms with van der Waals surface area (Å²) in [6, 6.07) is 7.32. The van der Waals surface area contributed by atoms with Crippen LogP contribution < -0.4 is 5.73 Å². The minimum Gasteiger partial charge on any atom is -0.328 e. The lowest BCUT2D eigenvalue weighted by Gasteiger charge is -2.30. The van der Waals surface area contributed by atoms with Crippen LogP contribution >= 0.6 is 12.4 Å². The van der Waals surface area contributed by atoms with Gasteiger partial charge in [-0.05, 0) is 32.0 Å². The van der Waals surface area contributed by atoms with E-state index >= 15 is 0 Å². The number of halogens is 2. The molecule has 4 heteroatoms. The lowest BCUT2D eigenvalue weighted by atomic mass is 10.1. The highest BCUT2D eigenvalue weighted by molar-refractivity contribution is 5.85. The molecule has 90 valence electrons. The Morgan fingerprint density at radius 1 is 1.25 bits per heavy atom. The summed E-state index contributed by atoms with van der Waals surface area (Å²) in [7, 11) is 0. The molecule has 1 heterocycles. The monoisotopic (exact) mass is 244 g/mol. The fourth-order valence-electron chi connectivity index (χ4n) is 1.98. The minimum atomic E-state index is -0.104. The topological polar surface area (TPSA) is 29.3 Å². The maximum Gasteiger partial charge on any atom is 0.127 e. The molecule has 0 bridgehead atoms. The molecule has 2 rings (SSSR count). The van der Waals surface area contributed by atoms with Crippen LogP contribution in [0.15, 0.2) is 24.3 Å². The van der Waals surface area contributed by atoms with Gasteiger partial charge >= 0.3 is 0 Å². The van der Waals surface area contributed by atoms with Crippen LogP contribution in [0.25, 0.3) is 0 Å². The van der Waals surface area contributed by atoms with Crippen molar-refractivity contribution in [2.24, 2.45) is 5.73 Å². The van der Waals surface area contributed by atoms with Crippen molar-refractivity contribution in [2.45, 2.75) is 25.4 Å². The molecule has 1 aliphatic rings. The smallest absolute Gasteiger partial charge is 0.127 e. The molecule has 2 nitrogen and oxygen atoms in total. The predicted molar refractivity (Wildman–Crippen MR) is 66.1 cm³/mol. The average molecular weight is 245 g/mol. The summed E-state index contributed by atoms with van der Waals surface area (Å²) in [5.74, 6) is -0.104. The average Bonchev–Trinajstić information content (AvgIpc) is 2.25. The van der Waals surface area contributed by atoms with Gasteiger partial charge in [-0.2, -0.15) is 0 Å². The van der Waals surface area contributed by atoms with E-state index < -0.39 is 0 Å². The Labute approximate surface area is 102 Å². The molecular formula is C12H18ClFN2. The second kappa shape index (κ2) is 6.18. The van der Waals surface area contributed by atoms with Crippen molar-refractivity contribution in [3.05, 3.63) is 35.6 Å². The van der Waals surface area contributed by atoms with Gasteiger partial charge in [-0.1, -0.05) is 18.2 Å². The van der Waals surface area contributed by atoms with Gasteiger partial charge in [0.15, 0.2) is 0 Å². The van der Waals surface area contributed by atoms with Crippen molar-refractivity contribution in [3.63, 3.8) is 0 Å². The summed E-state index contributed by atoms with van der Waals surface area (Å²) in [6.07, 6.45) is 2.04. The first kappa shape index (κ1) is 13.4. The van der Waals surface area contributed by atoms with Gasteiger partial charge in [-0.15, -0.1) is 12.4 Å². The summed E-state index contributed by atoms with van der Waals surface area (Å²) >= 11 is 0. The maximum absolute atomic E-state index is 13.4. The summed E-state index contributed by atoms with van der Waals surface area (Å²) in [5.41, 5.74) is 6.60. The van der Waals surface area contributed by atoms with Crippen molar-refractivity contribution in [3.8, 4) is 0 Å². The van der Waals surface area contributed by atoms with E-state index in [9.17, 15) is 4.39 Å². The molecule has 0 spiro atoms. The first-order chi connectivity index (χ1) is 7.25. The molecule has 1 aliphatic heterocycles. The quantitative estimate of drug-likeness (QED) is 0.864. The van der Waals surface area contributed by atoms with Crippen LogP contribution in [0.4, 0.5) is 4.39 Å². The van der Waals surface area contributed by atoms with E-state index in [4.69, 9.17) is 5.73 Å². The van der Waals surface area contributed by atoms with Gasteiger partial charge in [-0.25, -0.2) is 4.39 Å². The molecule has 1 fully saturated rings. The normalized spacial score (nSPS) is 18.1. The summed E-state index contributed by atoms with van der Waals surface area (Å²) in [4.78, 5) is 2.27. The molecule has 0 aromatic heterocycles. The van der Waals surface area contributed by atoms with Gasteiger partial charge in [0.25, 0.3) is 0 Å². The maximum atomic E-state index is 13.4. The van der Waals surface area contributed by atoms with Crippen LogP contribution in [-0.4, -0.2) is 24.0 Å². The van der Waals surface area contributed by atoms with Gasteiger partial charge in [0.05, 0.1) is 0 Å². The summed E-state index contributed by atoms with van der Waals surface area (Å²) < 4.78 is 13.4. The van der Waals surface area contributed by atoms with Gasteiger partial charge in [0.2, 0.25) is 0 Å². The van der Waals surface area contributed by atoms with Crippen LogP contribution in [-0.2, 0) is 6.54 Å². The van der Waals surface area contributed by atoms with E-state index in [1.54, 1.807) is 6.07 Å². The van der Waals surface area contributed by atoms with Crippen LogP contribution in [0, 0.1) is 5.82 Å². The number of likely N-dealkylation sites (tertiary alicyclic amines) is 1. The predicted octanol–water partition coefficient (Wildman–Crippen LogP) is 2.17. The highest BCUT2D eigenvalue weighted by Gasteiger charge is 2.16. The number of piperidine rings is 1. The molecule has 2 N–H and O–H groups in total. The highest BCUT2D eigenvalue weighted by Crippen LogP contribution is 2.14. The zero-order valence-electron chi connectivity index (χ0n) is 9.23. The molecule has 0 saturated carbocycles. The van der Waals surface area contributed by atoms with Crippen LogP contribution in [0.5, 0.6) is 0 Å². The molecule has 1 saturated heterocycles. The van der Waals surface area contributed by atoms with Crippen molar-refractivity contribution in [1.82, 2.24) is 4.90 Å². The molecule has 0 aliphatic carbocycles. The standard InChI is InChI=1S/C12H17FN2.ClH/c13-12-4-2-1-3-10(12)9-15-7-5-11(14)6-8-15;/h1-4,11H,5-9,14H2;1H. The third kappa shape index (κ3) is 3.44. The molecule has 1 aromatic rings. The number of hydrogen-bond donors (Lipinski definition) is 1. The minimum absolute atomic E-state index is 0. The Bertz CT molecular complexity index is 325. The fraction of sp³-hybridized carbons (Fsp3) is 0.500. The zero-order valence-corrected chi connectivity index (χ0v) is 10.0. The first-order valence-electron chi connectivity index (χ1n) is 5.47. The number of rotatable bonds is 2. The molecule has 0 amide bonds. The van der Waals surface area contributed by atoms with Crippen molar-refractivity contribution < 1.29 is 4.39 Å². The van der Waals surface area contributed by atoms with Gasteiger partial charge in [0.1, 0.15) is 5.82 Å². The Balaban J connectivity index is 0.00000128. The SMILES string of the molecule is Cl.NC1CCN(Cc2ccccc2F)CC1. The van der Waals surface area contributed by atoms with E-state index in [0.29, 0.717) is 12.6 Å². The second-order valence-electron chi connectivity index (χ2n) is 4.20. The highest BCUT2D eigenvalue weighted by atomic mass is 35.5. The Hall–Kier alpha value is -0.640. The molecule has 0 radical (unpaired) electrons.